The van der Waals surface area contributed by atoms with E-state index in [4.69, 9.17) is 10.5 Å². The fourth-order valence-corrected chi connectivity index (χ4v) is 0.925. The highest BCUT2D eigenvalue weighted by atomic mass is 16.6. The summed E-state index contributed by atoms with van der Waals surface area (Å²) in [5.74, 6) is 0.344. The second-order valence-electron chi connectivity index (χ2n) is 4.26. The smallest absolute Gasteiger partial charge is 0.407 e. The monoisotopic (exact) mass is 228 g/mol. The largest absolute Gasteiger partial charge is 0.444 e. The van der Waals surface area contributed by atoms with E-state index in [-0.39, 0.29) is 6.54 Å². The van der Waals surface area contributed by atoms with Crippen molar-refractivity contribution in [1.82, 2.24) is 25.9 Å². The fraction of sp³-hybridized carbons (Fsp3) is 0.750. The maximum atomic E-state index is 11.3. The molecule has 1 aromatic rings. The van der Waals surface area contributed by atoms with Crippen molar-refractivity contribution in [2.75, 3.05) is 6.54 Å². The Balaban J connectivity index is 2.32. The number of nitrogens with zero attached hydrogens (tertiary/aromatic N) is 3. The minimum absolute atomic E-state index is 0.189. The van der Waals surface area contributed by atoms with E-state index in [1.165, 1.54) is 0 Å². The Morgan fingerprint density at radius 3 is 2.81 bits per heavy atom. The zero-order valence-corrected chi connectivity index (χ0v) is 9.52. The molecule has 0 saturated carbocycles. The van der Waals surface area contributed by atoms with Gasteiger partial charge in [0.05, 0.1) is 6.04 Å². The standard InChI is InChI=1S/C8H16N6O2/c1-8(2,3)16-7(15)10-4-5(9)6-11-13-14-12-6/h5H,4,9H2,1-3H3,(H,10,15)(H,11,12,13,14). The molecule has 0 spiro atoms. The molecular formula is C8H16N6O2. The summed E-state index contributed by atoms with van der Waals surface area (Å²) in [7, 11) is 0. The molecule has 1 rings (SSSR count). The molecule has 8 heteroatoms. The number of carbonyl (C=O) groups excluding carboxylic acids is 1. The van der Waals surface area contributed by atoms with Crippen molar-refractivity contribution >= 4 is 6.09 Å². The van der Waals surface area contributed by atoms with Gasteiger partial charge in [-0.1, -0.05) is 5.21 Å². The third-order valence-corrected chi connectivity index (χ3v) is 1.56. The summed E-state index contributed by atoms with van der Waals surface area (Å²) >= 11 is 0. The first-order chi connectivity index (χ1) is 7.38. The molecule has 1 heterocycles. The van der Waals surface area contributed by atoms with E-state index < -0.39 is 17.7 Å². The first kappa shape index (κ1) is 12.4. The minimum Gasteiger partial charge on any atom is -0.444 e. The number of hydrogen-bond acceptors (Lipinski definition) is 6. The lowest BCUT2D eigenvalue weighted by Gasteiger charge is -2.20. The van der Waals surface area contributed by atoms with Gasteiger partial charge in [-0.05, 0) is 20.8 Å². The van der Waals surface area contributed by atoms with Gasteiger partial charge in [0, 0.05) is 6.54 Å². The molecular weight excluding hydrogens is 212 g/mol. The van der Waals surface area contributed by atoms with Gasteiger partial charge >= 0.3 is 6.09 Å². The average Bonchev–Trinajstić information content (AvgIpc) is 2.64. The Hall–Kier alpha value is -1.70. The molecule has 1 atom stereocenters. The molecule has 1 aromatic heterocycles. The van der Waals surface area contributed by atoms with Crippen molar-refractivity contribution in [2.45, 2.75) is 32.4 Å². The van der Waals surface area contributed by atoms with Crippen molar-refractivity contribution in [3.63, 3.8) is 0 Å². The number of amides is 1. The number of tetrazole rings is 1. The van der Waals surface area contributed by atoms with Crippen LogP contribution in [0.1, 0.15) is 32.6 Å². The van der Waals surface area contributed by atoms with E-state index in [0.717, 1.165) is 0 Å². The Labute approximate surface area is 92.9 Å². The van der Waals surface area contributed by atoms with E-state index in [2.05, 4.69) is 25.9 Å². The van der Waals surface area contributed by atoms with Crippen molar-refractivity contribution in [3.05, 3.63) is 5.82 Å². The van der Waals surface area contributed by atoms with Crippen molar-refractivity contribution in [1.29, 1.82) is 0 Å². The number of carbonyl (C=O) groups is 1. The lowest BCUT2D eigenvalue weighted by atomic mass is 10.2. The van der Waals surface area contributed by atoms with Crippen molar-refractivity contribution < 1.29 is 9.53 Å². The van der Waals surface area contributed by atoms with Crippen LogP contribution in [0.15, 0.2) is 0 Å². The number of aromatic nitrogens is 4. The van der Waals surface area contributed by atoms with Crippen LogP contribution in [-0.2, 0) is 4.74 Å². The zero-order chi connectivity index (χ0) is 12.2. The molecule has 1 amide bonds. The maximum Gasteiger partial charge on any atom is 0.407 e. The highest BCUT2D eigenvalue weighted by Gasteiger charge is 2.17. The van der Waals surface area contributed by atoms with Crippen LogP contribution in [0.5, 0.6) is 0 Å². The van der Waals surface area contributed by atoms with Crippen LogP contribution < -0.4 is 11.1 Å². The summed E-state index contributed by atoms with van der Waals surface area (Å²) in [4.78, 5) is 11.3. The third kappa shape index (κ3) is 4.22. The Morgan fingerprint density at radius 2 is 2.31 bits per heavy atom. The minimum atomic E-state index is -0.527. The lowest BCUT2D eigenvalue weighted by molar-refractivity contribution is 0.0524. The summed E-state index contributed by atoms with van der Waals surface area (Å²) in [6, 6.07) is -0.508. The number of alkyl carbamates (subject to hydrolysis) is 1. The lowest BCUT2D eigenvalue weighted by Crippen LogP contribution is -2.36. The van der Waals surface area contributed by atoms with Crippen LogP contribution in [0.3, 0.4) is 0 Å². The molecule has 0 saturated heterocycles. The number of rotatable bonds is 3. The summed E-state index contributed by atoms with van der Waals surface area (Å²) < 4.78 is 5.04. The van der Waals surface area contributed by atoms with Crippen LogP contribution >= 0.6 is 0 Å². The highest BCUT2D eigenvalue weighted by molar-refractivity contribution is 5.67. The molecule has 0 radical (unpaired) electrons. The van der Waals surface area contributed by atoms with Gasteiger partial charge in [0.2, 0.25) is 0 Å². The van der Waals surface area contributed by atoms with Gasteiger partial charge in [-0.2, -0.15) is 5.21 Å². The van der Waals surface area contributed by atoms with E-state index in [9.17, 15) is 4.79 Å². The predicted octanol–water partition coefficient (Wildman–Crippen LogP) is -0.276. The van der Waals surface area contributed by atoms with Crippen LogP contribution in [0.2, 0.25) is 0 Å². The SMILES string of the molecule is CC(C)(C)OC(=O)NCC(N)c1nn[nH]n1. The molecule has 0 aliphatic carbocycles. The molecule has 4 N–H and O–H groups in total. The van der Waals surface area contributed by atoms with E-state index in [0.29, 0.717) is 5.82 Å². The normalized spacial score (nSPS) is 13.2. The Morgan fingerprint density at radius 1 is 1.62 bits per heavy atom. The molecule has 0 aliphatic heterocycles. The molecule has 1 unspecified atom stereocenters. The second-order valence-corrected chi connectivity index (χ2v) is 4.26. The quantitative estimate of drug-likeness (QED) is 0.654. The number of nitrogens with two attached hydrogens (primary N) is 1. The van der Waals surface area contributed by atoms with Crippen LogP contribution in [0.25, 0.3) is 0 Å². The van der Waals surface area contributed by atoms with Crippen molar-refractivity contribution in [3.8, 4) is 0 Å². The average molecular weight is 228 g/mol. The fourth-order valence-electron chi connectivity index (χ4n) is 0.925. The van der Waals surface area contributed by atoms with Gasteiger partial charge < -0.3 is 15.8 Å². The van der Waals surface area contributed by atoms with Crippen LogP contribution in [0, 0.1) is 0 Å². The Kier molecular flexibility index (Phi) is 3.78. The topological polar surface area (TPSA) is 119 Å². The molecule has 0 aromatic carbocycles. The number of H-pyrrole nitrogens is 1. The van der Waals surface area contributed by atoms with Gasteiger partial charge in [0.15, 0.2) is 5.82 Å². The third-order valence-electron chi connectivity index (χ3n) is 1.56. The van der Waals surface area contributed by atoms with Gasteiger partial charge in [0.1, 0.15) is 5.60 Å². The highest BCUT2D eigenvalue weighted by Crippen LogP contribution is 2.06. The van der Waals surface area contributed by atoms with E-state index in [1.807, 2.05) is 0 Å². The van der Waals surface area contributed by atoms with E-state index >= 15 is 0 Å². The van der Waals surface area contributed by atoms with Crippen LogP contribution in [-0.4, -0.2) is 38.9 Å². The van der Waals surface area contributed by atoms with Gasteiger partial charge in [0.25, 0.3) is 0 Å². The summed E-state index contributed by atoms with van der Waals surface area (Å²) in [6.45, 7) is 5.54. The Bertz CT molecular complexity index is 331. The zero-order valence-electron chi connectivity index (χ0n) is 9.52. The van der Waals surface area contributed by atoms with E-state index in [1.54, 1.807) is 20.8 Å². The number of aromatic amines is 1. The molecule has 0 fully saturated rings. The first-order valence-electron chi connectivity index (χ1n) is 4.84. The summed E-state index contributed by atoms with van der Waals surface area (Å²) in [6.07, 6.45) is -0.522. The summed E-state index contributed by atoms with van der Waals surface area (Å²) in [5.41, 5.74) is 5.17. The van der Waals surface area contributed by atoms with Gasteiger partial charge in [-0.15, -0.1) is 10.2 Å². The second kappa shape index (κ2) is 4.88. The molecule has 16 heavy (non-hydrogen) atoms. The van der Waals surface area contributed by atoms with Crippen molar-refractivity contribution in [2.24, 2.45) is 5.73 Å². The van der Waals surface area contributed by atoms with Gasteiger partial charge in [-0.25, -0.2) is 4.79 Å². The number of ether oxygens (including phenoxy) is 1. The van der Waals surface area contributed by atoms with Gasteiger partial charge in [-0.3, -0.25) is 0 Å². The summed E-state index contributed by atoms with van der Waals surface area (Å²) in [5, 5.41) is 15.6. The number of hydrogen-bond donors (Lipinski definition) is 3. The molecule has 90 valence electrons. The predicted molar refractivity (Wildman–Crippen MR) is 55.3 cm³/mol. The number of nitrogens with one attached hydrogen (secondary N) is 2. The van der Waals surface area contributed by atoms with Crippen LogP contribution in [0.4, 0.5) is 4.79 Å². The molecule has 8 nitrogen and oxygen atoms in total. The molecule has 0 aliphatic rings. The maximum absolute atomic E-state index is 11.3. The molecule has 0 bridgehead atoms. The first-order valence-corrected chi connectivity index (χ1v) is 4.84.